The molecule has 0 bridgehead atoms. The predicted octanol–water partition coefficient (Wildman–Crippen LogP) is 2.93. The van der Waals surface area contributed by atoms with Crippen LogP contribution in [0.4, 0.5) is 4.39 Å². The Labute approximate surface area is 132 Å². The second-order valence-corrected chi connectivity index (χ2v) is 5.97. The molecule has 0 saturated carbocycles. The van der Waals surface area contributed by atoms with Gasteiger partial charge in [0.2, 0.25) is 0 Å². The first-order valence-corrected chi connectivity index (χ1v) is 8.14. The van der Waals surface area contributed by atoms with Gasteiger partial charge in [-0.25, -0.2) is 4.39 Å². The number of hydrogen-bond donors (Lipinski definition) is 2. The van der Waals surface area contributed by atoms with Gasteiger partial charge in [-0.05, 0) is 49.6 Å². The van der Waals surface area contributed by atoms with E-state index >= 15 is 0 Å². The minimum atomic E-state index is -0.339. The van der Waals surface area contributed by atoms with Crippen molar-refractivity contribution in [1.82, 2.24) is 5.32 Å². The molecular formula is C16H18FNO3S. The maximum Gasteiger partial charge on any atom is 0.287 e. The lowest BCUT2D eigenvalue weighted by Crippen LogP contribution is -2.41. The zero-order valence-corrected chi connectivity index (χ0v) is 13.2. The number of aliphatic hydroxyl groups excluding tert-OH is 1. The van der Waals surface area contributed by atoms with Crippen LogP contribution in [-0.2, 0) is 0 Å². The molecule has 118 valence electrons. The van der Waals surface area contributed by atoms with Crippen LogP contribution in [-0.4, -0.2) is 35.2 Å². The Kier molecular flexibility index (Phi) is 5.63. The average molecular weight is 323 g/mol. The third-order valence-corrected chi connectivity index (χ3v) is 4.52. The van der Waals surface area contributed by atoms with E-state index in [0.29, 0.717) is 11.3 Å². The van der Waals surface area contributed by atoms with E-state index in [9.17, 15) is 14.3 Å². The summed E-state index contributed by atoms with van der Waals surface area (Å²) in [6, 6.07) is 8.92. The fraction of sp³-hybridized carbons (Fsp3) is 0.312. The largest absolute Gasteiger partial charge is 0.451 e. The molecule has 1 aromatic heterocycles. The van der Waals surface area contributed by atoms with Crippen molar-refractivity contribution in [3.63, 3.8) is 0 Å². The number of halogens is 1. The maximum absolute atomic E-state index is 12.9. The first kappa shape index (κ1) is 16.6. The van der Waals surface area contributed by atoms with Crippen LogP contribution >= 0.6 is 11.8 Å². The highest BCUT2D eigenvalue weighted by Crippen LogP contribution is 2.22. The molecule has 2 atom stereocenters. The van der Waals surface area contributed by atoms with Crippen LogP contribution in [0.3, 0.4) is 0 Å². The number of thioether (sulfide) groups is 1. The maximum atomic E-state index is 12.9. The standard InChI is InChI=1S/C16H18FNO3S/c1-10(15(9-19)22-2)18-16(20)14-8-7-13(21-14)11-3-5-12(17)6-4-11/h3-8,10,15,19H,9H2,1-2H3,(H,18,20). The summed E-state index contributed by atoms with van der Waals surface area (Å²) in [5.74, 6) is 0.0212. The van der Waals surface area contributed by atoms with Gasteiger partial charge in [0.05, 0.1) is 6.61 Å². The molecule has 4 nitrogen and oxygen atoms in total. The number of aliphatic hydroxyl groups is 1. The van der Waals surface area contributed by atoms with Crippen molar-refractivity contribution >= 4 is 17.7 Å². The van der Waals surface area contributed by atoms with Crippen LogP contribution in [0.15, 0.2) is 40.8 Å². The van der Waals surface area contributed by atoms with Gasteiger partial charge in [-0.3, -0.25) is 4.79 Å². The van der Waals surface area contributed by atoms with Crippen LogP contribution in [0.5, 0.6) is 0 Å². The van der Waals surface area contributed by atoms with Gasteiger partial charge < -0.3 is 14.8 Å². The lowest BCUT2D eigenvalue weighted by molar-refractivity contribution is 0.0908. The minimum Gasteiger partial charge on any atom is -0.451 e. The first-order chi connectivity index (χ1) is 10.5. The number of rotatable bonds is 6. The number of amides is 1. The van der Waals surface area contributed by atoms with E-state index in [-0.39, 0.29) is 35.4 Å². The number of benzene rings is 1. The molecule has 22 heavy (non-hydrogen) atoms. The number of nitrogens with one attached hydrogen (secondary N) is 1. The topological polar surface area (TPSA) is 62.5 Å². The van der Waals surface area contributed by atoms with Crippen LogP contribution in [0, 0.1) is 5.82 Å². The molecule has 1 amide bonds. The van der Waals surface area contributed by atoms with Gasteiger partial charge in [0.25, 0.3) is 5.91 Å². The van der Waals surface area contributed by atoms with Crippen molar-refractivity contribution in [3.8, 4) is 11.3 Å². The highest BCUT2D eigenvalue weighted by atomic mass is 32.2. The summed E-state index contributed by atoms with van der Waals surface area (Å²) in [6.07, 6.45) is 1.88. The van der Waals surface area contributed by atoms with Crippen molar-refractivity contribution in [2.75, 3.05) is 12.9 Å². The zero-order chi connectivity index (χ0) is 16.1. The second kappa shape index (κ2) is 7.47. The van der Waals surface area contributed by atoms with Gasteiger partial charge in [0.15, 0.2) is 5.76 Å². The van der Waals surface area contributed by atoms with E-state index < -0.39 is 0 Å². The Morgan fingerprint density at radius 1 is 1.32 bits per heavy atom. The molecule has 2 N–H and O–H groups in total. The van der Waals surface area contributed by atoms with Crippen LogP contribution < -0.4 is 5.32 Å². The molecular weight excluding hydrogens is 305 g/mol. The lowest BCUT2D eigenvalue weighted by Gasteiger charge is -2.20. The summed E-state index contributed by atoms with van der Waals surface area (Å²) in [4.78, 5) is 12.1. The Morgan fingerprint density at radius 3 is 2.59 bits per heavy atom. The Hall–Kier alpha value is -1.79. The summed E-state index contributed by atoms with van der Waals surface area (Å²) in [5.41, 5.74) is 0.700. The second-order valence-electron chi connectivity index (χ2n) is 4.89. The van der Waals surface area contributed by atoms with E-state index in [4.69, 9.17) is 4.42 Å². The number of carbonyl (C=O) groups is 1. The fourth-order valence-corrected chi connectivity index (χ4v) is 2.66. The van der Waals surface area contributed by atoms with Crippen molar-refractivity contribution < 1.29 is 18.7 Å². The highest BCUT2D eigenvalue weighted by molar-refractivity contribution is 7.99. The minimum absolute atomic E-state index is 0.0123. The smallest absolute Gasteiger partial charge is 0.287 e. The quantitative estimate of drug-likeness (QED) is 0.858. The van der Waals surface area contributed by atoms with E-state index in [0.717, 1.165) is 0 Å². The molecule has 0 fully saturated rings. The lowest BCUT2D eigenvalue weighted by atomic mass is 10.2. The molecule has 0 aliphatic carbocycles. The summed E-state index contributed by atoms with van der Waals surface area (Å²) in [6.45, 7) is 1.82. The number of hydrogen-bond acceptors (Lipinski definition) is 4. The van der Waals surface area contributed by atoms with Crippen molar-refractivity contribution in [1.29, 1.82) is 0 Å². The molecule has 2 aromatic rings. The normalized spacial score (nSPS) is 13.6. The third-order valence-electron chi connectivity index (χ3n) is 3.36. The summed E-state index contributed by atoms with van der Waals surface area (Å²) in [7, 11) is 0. The number of carbonyl (C=O) groups excluding carboxylic acids is 1. The fourth-order valence-electron chi connectivity index (χ4n) is 2.04. The van der Waals surface area contributed by atoms with Gasteiger partial charge in [-0.2, -0.15) is 11.8 Å². The van der Waals surface area contributed by atoms with E-state index in [1.54, 1.807) is 24.3 Å². The summed E-state index contributed by atoms with van der Waals surface area (Å²) >= 11 is 1.49. The van der Waals surface area contributed by atoms with Gasteiger partial charge in [-0.15, -0.1) is 0 Å². The summed E-state index contributed by atoms with van der Waals surface area (Å²) < 4.78 is 18.4. The molecule has 1 heterocycles. The van der Waals surface area contributed by atoms with Crippen molar-refractivity contribution in [3.05, 3.63) is 48.0 Å². The number of furan rings is 1. The third kappa shape index (κ3) is 3.90. The van der Waals surface area contributed by atoms with Crippen LogP contribution in [0.1, 0.15) is 17.5 Å². The molecule has 0 radical (unpaired) electrons. The Balaban J connectivity index is 2.07. The molecule has 2 unspecified atom stereocenters. The van der Waals surface area contributed by atoms with Gasteiger partial charge in [0.1, 0.15) is 11.6 Å². The molecule has 0 spiro atoms. The van der Waals surface area contributed by atoms with Gasteiger partial charge in [-0.1, -0.05) is 0 Å². The SMILES string of the molecule is CSC(CO)C(C)NC(=O)c1ccc(-c2ccc(F)cc2)o1. The Morgan fingerprint density at radius 2 is 2.00 bits per heavy atom. The van der Waals surface area contributed by atoms with Crippen molar-refractivity contribution in [2.45, 2.75) is 18.2 Å². The predicted molar refractivity (Wildman–Crippen MR) is 85.4 cm³/mol. The van der Waals surface area contributed by atoms with Gasteiger partial charge >= 0.3 is 0 Å². The Bertz CT molecular complexity index is 623. The monoisotopic (exact) mass is 323 g/mol. The molecule has 6 heteroatoms. The molecule has 0 aliphatic rings. The first-order valence-electron chi connectivity index (χ1n) is 6.85. The van der Waals surface area contributed by atoms with Crippen LogP contribution in [0.2, 0.25) is 0 Å². The average Bonchev–Trinajstić information content (AvgIpc) is 2.99. The van der Waals surface area contributed by atoms with E-state index in [1.807, 2.05) is 13.2 Å². The molecule has 1 aromatic carbocycles. The van der Waals surface area contributed by atoms with Crippen molar-refractivity contribution in [2.24, 2.45) is 0 Å². The van der Waals surface area contributed by atoms with E-state index in [2.05, 4.69) is 5.32 Å². The van der Waals surface area contributed by atoms with Gasteiger partial charge in [0, 0.05) is 16.9 Å². The molecule has 0 saturated heterocycles. The highest BCUT2D eigenvalue weighted by Gasteiger charge is 2.20. The summed E-state index contributed by atoms with van der Waals surface area (Å²) in [5, 5.41) is 12.0. The van der Waals surface area contributed by atoms with E-state index in [1.165, 1.54) is 23.9 Å². The zero-order valence-electron chi connectivity index (χ0n) is 12.4. The molecule has 0 aliphatic heterocycles. The molecule has 2 rings (SSSR count). The van der Waals surface area contributed by atoms with Crippen LogP contribution in [0.25, 0.3) is 11.3 Å².